The predicted octanol–water partition coefficient (Wildman–Crippen LogP) is 3.65. The summed E-state index contributed by atoms with van der Waals surface area (Å²) >= 11 is 5.59. The lowest BCUT2D eigenvalue weighted by molar-refractivity contribution is 0.194. The van der Waals surface area contributed by atoms with E-state index < -0.39 is 0 Å². The van der Waals surface area contributed by atoms with Gasteiger partial charge in [0.25, 0.3) is 0 Å². The molecule has 2 aliphatic rings. The third-order valence-electron chi connectivity index (χ3n) is 4.28. The number of hydrogen-bond donors (Lipinski definition) is 1. The van der Waals surface area contributed by atoms with E-state index in [1.54, 1.807) is 0 Å². The molecule has 0 radical (unpaired) electrons. The number of rotatable bonds is 1. The van der Waals surface area contributed by atoms with Crippen molar-refractivity contribution < 1.29 is 0 Å². The number of fused-ring (bicyclic) bond motifs is 1. The maximum Gasteiger partial charge on any atom is 0.173 e. The van der Waals surface area contributed by atoms with Crippen LogP contribution in [0.3, 0.4) is 0 Å². The normalized spacial score (nSPS) is 26.8. The van der Waals surface area contributed by atoms with Crippen molar-refractivity contribution in [1.82, 2.24) is 4.90 Å². The van der Waals surface area contributed by atoms with Crippen molar-refractivity contribution in [3.8, 4) is 0 Å². The molecule has 1 N–H and O–H groups in total. The maximum atomic E-state index is 5.59. The highest BCUT2D eigenvalue weighted by atomic mass is 32.1. The topological polar surface area (TPSA) is 15.3 Å². The zero-order chi connectivity index (χ0) is 12.4. The van der Waals surface area contributed by atoms with Crippen LogP contribution < -0.4 is 5.32 Å². The van der Waals surface area contributed by atoms with E-state index in [1.165, 1.54) is 32.1 Å². The number of likely N-dealkylation sites (tertiary alicyclic amines) is 1. The van der Waals surface area contributed by atoms with Crippen molar-refractivity contribution in [3.63, 3.8) is 0 Å². The van der Waals surface area contributed by atoms with Crippen LogP contribution in [-0.2, 0) is 0 Å². The number of para-hydroxylation sites is 1. The Hall–Kier alpha value is -1.09. The van der Waals surface area contributed by atoms with Crippen molar-refractivity contribution in [2.24, 2.45) is 5.92 Å². The number of benzene rings is 1. The Morgan fingerprint density at radius 2 is 1.89 bits per heavy atom. The van der Waals surface area contributed by atoms with Gasteiger partial charge in [0.2, 0.25) is 0 Å². The maximum absolute atomic E-state index is 5.59. The third kappa shape index (κ3) is 2.37. The number of thiocarbonyl (C=S) groups is 1. The summed E-state index contributed by atoms with van der Waals surface area (Å²) in [7, 11) is 0. The minimum absolute atomic E-state index is 0.697. The Labute approximate surface area is 114 Å². The first kappa shape index (κ1) is 12.0. The van der Waals surface area contributed by atoms with Gasteiger partial charge in [-0.05, 0) is 56.0 Å². The van der Waals surface area contributed by atoms with Crippen molar-refractivity contribution in [3.05, 3.63) is 30.3 Å². The summed E-state index contributed by atoms with van der Waals surface area (Å²) in [5.41, 5.74) is 1.10. The van der Waals surface area contributed by atoms with E-state index in [9.17, 15) is 0 Å². The van der Waals surface area contributed by atoms with E-state index in [2.05, 4.69) is 22.3 Å². The van der Waals surface area contributed by atoms with Gasteiger partial charge in [-0.2, -0.15) is 0 Å². The predicted molar refractivity (Wildman–Crippen MR) is 79.7 cm³/mol. The van der Waals surface area contributed by atoms with Gasteiger partial charge in [0.05, 0.1) is 0 Å². The fourth-order valence-corrected chi connectivity index (χ4v) is 3.77. The van der Waals surface area contributed by atoms with E-state index in [0.717, 1.165) is 23.3 Å². The van der Waals surface area contributed by atoms with E-state index in [0.29, 0.717) is 6.04 Å². The number of piperidine rings is 1. The van der Waals surface area contributed by atoms with E-state index in [4.69, 9.17) is 12.2 Å². The Kier molecular flexibility index (Phi) is 3.50. The van der Waals surface area contributed by atoms with Crippen molar-refractivity contribution in [2.45, 2.75) is 38.1 Å². The molecule has 1 saturated heterocycles. The van der Waals surface area contributed by atoms with Gasteiger partial charge in [-0.15, -0.1) is 0 Å². The highest BCUT2D eigenvalue weighted by Gasteiger charge is 2.35. The van der Waals surface area contributed by atoms with Gasteiger partial charge in [0, 0.05) is 18.3 Å². The van der Waals surface area contributed by atoms with E-state index in [-0.39, 0.29) is 0 Å². The van der Waals surface area contributed by atoms with Gasteiger partial charge < -0.3 is 10.2 Å². The summed E-state index contributed by atoms with van der Waals surface area (Å²) in [6.45, 7) is 1.12. The minimum Gasteiger partial charge on any atom is -0.346 e. The zero-order valence-corrected chi connectivity index (χ0v) is 11.5. The molecule has 2 unspecified atom stereocenters. The standard InChI is InChI=1S/C15H20N2S/c18-15(16-13-8-2-1-3-9-13)17-11-5-7-12-6-4-10-14(12)17/h1-3,8-9,12,14H,4-7,10-11H2,(H,16,18). The first-order valence-corrected chi connectivity index (χ1v) is 7.38. The summed E-state index contributed by atoms with van der Waals surface area (Å²) in [6.07, 6.45) is 6.78. The monoisotopic (exact) mass is 260 g/mol. The number of nitrogens with one attached hydrogen (secondary N) is 1. The van der Waals surface area contributed by atoms with Crippen LogP contribution in [0.2, 0.25) is 0 Å². The second kappa shape index (κ2) is 5.27. The van der Waals surface area contributed by atoms with Gasteiger partial charge in [0.15, 0.2) is 5.11 Å². The number of anilines is 1. The summed E-state index contributed by atoms with van der Waals surface area (Å²) in [5, 5.41) is 4.30. The molecule has 3 heteroatoms. The highest BCUT2D eigenvalue weighted by molar-refractivity contribution is 7.80. The SMILES string of the molecule is S=C(Nc1ccccc1)N1CCCC2CCCC21. The summed E-state index contributed by atoms with van der Waals surface area (Å²) < 4.78 is 0. The van der Waals surface area contributed by atoms with Crippen molar-refractivity contribution in [1.29, 1.82) is 0 Å². The van der Waals surface area contributed by atoms with Crippen LogP contribution in [0, 0.1) is 5.92 Å². The van der Waals surface area contributed by atoms with Crippen LogP contribution in [0.25, 0.3) is 0 Å². The first-order valence-electron chi connectivity index (χ1n) is 6.97. The average molecular weight is 260 g/mol. The van der Waals surface area contributed by atoms with Crippen LogP contribution in [0.1, 0.15) is 32.1 Å². The molecule has 2 nitrogen and oxygen atoms in total. The molecule has 0 spiro atoms. The first-order chi connectivity index (χ1) is 8.84. The second-order valence-corrected chi connectivity index (χ2v) is 5.78. The molecule has 2 atom stereocenters. The minimum atomic E-state index is 0.697. The summed E-state index contributed by atoms with van der Waals surface area (Å²) in [4.78, 5) is 2.43. The Balaban J connectivity index is 1.68. The molecule has 1 heterocycles. The molecule has 1 saturated carbocycles. The average Bonchev–Trinajstić information content (AvgIpc) is 2.87. The molecule has 0 amide bonds. The van der Waals surface area contributed by atoms with Crippen LogP contribution in [0.4, 0.5) is 5.69 Å². The van der Waals surface area contributed by atoms with Gasteiger partial charge in [-0.25, -0.2) is 0 Å². The third-order valence-corrected chi connectivity index (χ3v) is 4.62. The van der Waals surface area contributed by atoms with Crippen LogP contribution in [0.15, 0.2) is 30.3 Å². The fraction of sp³-hybridized carbons (Fsp3) is 0.533. The smallest absolute Gasteiger partial charge is 0.173 e. The molecule has 0 bridgehead atoms. The Morgan fingerprint density at radius 1 is 1.11 bits per heavy atom. The quantitative estimate of drug-likeness (QED) is 0.776. The molecule has 3 rings (SSSR count). The van der Waals surface area contributed by atoms with Crippen molar-refractivity contribution >= 4 is 23.0 Å². The van der Waals surface area contributed by atoms with Gasteiger partial charge in [0.1, 0.15) is 0 Å². The van der Waals surface area contributed by atoms with Crippen LogP contribution in [-0.4, -0.2) is 22.6 Å². The molecule has 1 aromatic carbocycles. The van der Waals surface area contributed by atoms with E-state index >= 15 is 0 Å². The zero-order valence-electron chi connectivity index (χ0n) is 10.6. The van der Waals surface area contributed by atoms with E-state index in [1.807, 2.05) is 18.2 Å². The molecule has 2 fully saturated rings. The lowest BCUT2D eigenvalue weighted by atomic mass is 9.92. The summed E-state index contributed by atoms with van der Waals surface area (Å²) in [5.74, 6) is 0.884. The molecular weight excluding hydrogens is 240 g/mol. The van der Waals surface area contributed by atoms with Gasteiger partial charge >= 0.3 is 0 Å². The molecule has 96 valence electrons. The molecular formula is C15H20N2S. The number of nitrogens with zero attached hydrogens (tertiary/aromatic N) is 1. The Morgan fingerprint density at radius 3 is 2.72 bits per heavy atom. The van der Waals surface area contributed by atoms with Crippen LogP contribution in [0.5, 0.6) is 0 Å². The second-order valence-electron chi connectivity index (χ2n) is 5.39. The molecule has 1 aliphatic carbocycles. The van der Waals surface area contributed by atoms with Gasteiger partial charge in [-0.1, -0.05) is 24.6 Å². The summed E-state index contributed by atoms with van der Waals surface area (Å²) in [6, 6.07) is 11.0. The lowest BCUT2D eigenvalue weighted by Gasteiger charge is -2.39. The highest BCUT2D eigenvalue weighted by Crippen LogP contribution is 2.36. The van der Waals surface area contributed by atoms with Gasteiger partial charge in [-0.3, -0.25) is 0 Å². The molecule has 1 aliphatic heterocycles. The lowest BCUT2D eigenvalue weighted by Crippen LogP contribution is -2.47. The molecule has 0 aromatic heterocycles. The van der Waals surface area contributed by atoms with Crippen LogP contribution >= 0.6 is 12.2 Å². The fourth-order valence-electron chi connectivity index (χ4n) is 3.42. The van der Waals surface area contributed by atoms with Crippen molar-refractivity contribution in [2.75, 3.05) is 11.9 Å². The number of hydrogen-bond acceptors (Lipinski definition) is 1. The molecule has 1 aromatic rings. The molecule has 18 heavy (non-hydrogen) atoms. The largest absolute Gasteiger partial charge is 0.346 e. The Bertz CT molecular complexity index is 418.